The van der Waals surface area contributed by atoms with Crippen LogP contribution in [-0.2, 0) is 0 Å². The van der Waals surface area contributed by atoms with Crippen LogP contribution in [0.15, 0.2) is 297 Å². The first-order chi connectivity index (χ1) is 35.3. The van der Waals surface area contributed by atoms with Crippen LogP contribution in [0.2, 0.25) is 0 Å². The highest BCUT2D eigenvalue weighted by Crippen LogP contribution is 2.52. The van der Waals surface area contributed by atoms with E-state index in [1.54, 1.807) is 0 Å². The minimum atomic E-state index is 1.02. The average Bonchev–Trinajstić information content (AvgIpc) is 3.79. The highest BCUT2D eigenvalue weighted by molar-refractivity contribution is 6.17. The van der Waals surface area contributed by atoms with Gasteiger partial charge in [-0.3, -0.25) is 0 Å². The first kappa shape index (κ1) is 42.8. The standard InChI is InChI=1S/C66H49N5/c1-8-24-50(25-9-1)67(51-26-10-2-11-27-51)57-40-44-59(45-41-57)69(54-32-16-5-17-33-54)64-49-48-62-61-38-22-23-39-63(61)71(56-36-20-7-21-37-56)65(62)66(64)70(55-34-18-6-19-35-55)60-46-42-58(43-47-60)68(52-28-12-3-13-29-52)53-30-14-4-15-31-53/h1-49H. The van der Waals surface area contributed by atoms with Crippen molar-refractivity contribution in [2.75, 3.05) is 19.6 Å². The van der Waals surface area contributed by atoms with Gasteiger partial charge >= 0.3 is 0 Å². The fraction of sp³-hybridized carbons (Fsp3) is 0. The van der Waals surface area contributed by atoms with E-state index >= 15 is 0 Å². The molecule has 338 valence electrons. The molecular weight excluding hydrogens is 863 g/mol. The fourth-order valence-corrected chi connectivity index (χ4v) is 9.97. The van der Waals surface area contributed by atoms with Crippen LogP contribution < -0.4 is 19.6 Å². The van der Waals surface area contributed by atoms with Crippen LogP contribution in [0.4, 0.5) is 68.2 Å². The smallest absolute Gasteiger partial charge is 0.0952 e. The Balaban J connectivity index is 1.12. The molecule has 12 aromatic rings. The lowest BCUT2D eigenvalue weighted by Gasteiger charge is -2.34. The van der Waals surface area contributed by atoms with Crippen molar-refractivity contribution in [2.24, 2.45) is 0 Å². The van der Waals surface area contributed by atoms with Gasteiger partial charge in [0.15, 0.2) is 0 Å². The van der Waals surface area contributed by atoms with Gasteiger partial charge in [-0.05, 0) is 152 Å². The Morgan fingerprint density at radius 3 is 0.915 bits per heavy atom. The quantitative estimate of drug-likeness (QED) is 0.115. The number of hydrogen-bond acceptors (Lipinski definition) is 4. The lowest BCUT2D eigenvalue weighted by molar-refractivity contribution is 1.16. The Kier molecular flexibility index (Phi) is 11.6. The van der Waals surface area contributed by atoms with Gasteiger partial charge in [-0.2, -0.15) is 0 Å². The van der Waals surface area contributed by atoms with Crippen LogP contribution in [0.1, 0.15) is 0 Å². The number of benzene rings is 11. The van der Waals surface area contributed by atoms with E-state index in [9.17, 15) is 0 Å². The second-order valence-corrected chi connectivity index (χ2v) is 17.4. The molecule has 1 aromatic heterocycles. The molecule has 11 aromatic carbocycles. The molecule has 0 aliphatic heterocycles. The highest BCUT2D eigenvalue weighted by Gasteiger charge is 2.29. The van der Waals surface area contributed by atoms with Gasteiger partial charge in [-0.25, -0.2) is 0 Å². The zero-order valence-corrected chi connectivity index (χ0v) is 39.0. The number of aromatic nitrogens is 1. The molecule has 0 radical (unpaired) electrons. The minimum absolute atomic E-state index is 1.02. The van der Waals surface area contributed by atoms with Crippen molar-refractivity contribution in [2.45, 2.75) is 0 Å². The number of fused-ring (bicyclic) bond motifs is 3. The molecule has 1 heterocycles. The summed E-state index contributed by atoms with van der Waals surface area (Å²) in [6.45, 7) is 0. The van der Waals surface area contributed by atoms with Gasteiger partial charge in [0.05, 0.1) is 22.4 Å². The number of anilines is 12. The van der Waals surface area contributed by atoms with E-state index in [4.69, 9.17) is 0 Å². The normalized spacial score (nSPS) is 11.1. The highest BCUT2D eigenvalue weighted by atomic mass is 15.2. The Hall–Kier alpha value is -9.58. The summed E-state index contributed by atoms with van der Waals surface area (Å²) in [7, 11) is 0. The van der Waals surface area contributed by atoms with Crippen molar-refractivity contribution >= 4 is 90.1 Å². The van der Waals surface area contributed by atoms with Crippen LogP contribution >= 0.6 is 0 Å². The molecule has 0 amide bonds. The summed E-state index contributed by atoms with van der Waals surface area (Å²) in [6.07, 6.45) is 0. The van der Waals surface area contributed by atoms with Gasteiger partial charge in [0.2, 0.25) is 0 Å². The molecule has 71 heavy (non-hydrogen) atoms. The molecular formula is C66H49N5. The van der Waals surface area contributed by atoms with Crippen LogP contribution in [0, 0.1) is 0 Å². The van der Waals surface area contributed by atoms with Crippen molar-refractivity contribution in [1.29, 1.82) is 0 Å². The third kappa shape index (κ3) is 8.22. The second kappa shape index (κ2) is 19.2. The van der Waals surface area contributed by atoms with Gasteiger partial charge in [0, 0.05) is 73.3 Å². The molecule has 0 fully saturated rings. The molecule has 5 nitrogen and oxygen atoms in total. The first-order valence-electron chi connectivity index (χ1n) is 24.1. The van der Waals surface area contributed by atoms with Crippen molar-refractivity contribution < 1.29 is 0 Å². The summed E-state index contributed by atoms with van der Waals surface area (Å²) in [5.74, 6) is 0. The van der Waals surface area contributed by atoms with Gasteiger partial charge in [0.1, 0.15) is 0 Å². The first-order valence-corrected chi connectivity index (χ1v) is 24.1. The summed E-state index contributed by atoms with van der Waals surface area (Å²) in [4.78, 5) is 9.49. The van der Waals surface area contributed by atoms with Crippen LogP contribution in [0.5, 0.6) is 0 Å². The van der Waals surface area contributed by atoms with E-state index in [1.165, 1.54) is 5.39 Å². The summed E-state index contributed by atoms with van der Waals surface area (Å²) in [5, 5.41) is 2.34. The molecule has 0 aliphatic carbocycles. The molecule has 0 unspecified atom stereocenters. The predicted molar refractivity (Wildman–Crippen MR) is 300 cm³/mol. The van der Waals surface area contributed by atoms with Crippen molar-refractivity contribution in [3.8, 4) is 5.69 Å². The van der Waals surface area contributed by atoms with E-state index in [0.29, 0.717) is 0 Å². The summed E-state index contributed by atoms with van der Waals surface area (Å²) < 4.78 is 2.45. The van der Waals surface area contributed by atoms with E-state index < -0.39 is 0 Å². The van der Waals surface area contributed by atoms with E-state index in [-0.39, 0.29) is 0 Å². The molecule has 0 N–H and O–H groups in total. The van der Waals surface area contributed by atoms with Crippen LogP contribution in [-0.4, -0.2) is 4.57 Å². The maximum Gasteiger partial charge on any atom is 0.0952 e. The lowest BCUT2D eigenvalue weighted by Crippen LogP contribution is -2.18. The summed E-state index contributed by atoms with van der Waals surface area (Å²) >= 11 is 0. The third-order valence-corrected chi connectivity index (χ3v) is 13.1. The molecule has 0 saturated carbocycles. The molecule has 12 rings (SSSR count). The number of hydrogen-bond donors (Lipinski definition) is 0. The second-order valence-electron chi connectivity index (χ2n) is 17.4. The zero-order valence-electron chi connectivity index (χ0n) is 39.0. The Bertz CT molecular complexity index is 3580. The maximum atomic E-state index is 2.45. The summed E-state index contributed by atoms with van der Waals surface area (Å²) in [5.41, 5.74) is 15.9. The number of para-hydroxylation sites is 8. The number of rotatable bonds is 13. The Morgan fingerprint density at radius 1 is 0.211 bits per heavy atom. The van der Waals surface area contributed by atoms with Gasteiger partial charge in [-0.1, -0.05) is 146 Å². The monoisotopic (exact) mass is 911 g/mol. The number of nitrogens with zero attached hydrogens (tertiary/aromatic N) is 5. The largest absolute Gasteiger partial charge is 0.311 e. The van der Waals surface area contributed by atoms with Crippen molar-refractivity contribution in [3.63, 3.8) is 0 Å². The van der Waals surface area contributed by atoms with E-state index in [1.807, 2.05) is 0 Å². The molecule has 0 spiro atoms. The Morgan fingerprint density at radius 2 is 0.507 bits per heavy atom. The molecule has 0 aliphatic rings. The molecule has 0 atom stereocenters. The van der Waals surface area contributed by atoms with Crippen LogP contribution in [0.3, 0.4) is 0 Å². The predicted octanol–water partition coefficient (Wildman–Crippen LogP) is 18.7. The average molecular weight is 912 g/mol. The van der Waals surface area contributed by atoms with E-state index in [2.05, 4.69) is 321 Å². The summed E-state index contributed by atoms with van der Waals surface area (Å²) in [6, 6.07) is 106. The van der Waals surface area contributed by atoms with Crippen molar-refractivity contribution in [3.05, 3.63) is 297 Å². The van der Waals surface area contributed by atoms with Crippen LogP contribution in [0.25, 0.3) is 27.5 Å². The minimum Gasteiger partial charge on any atom is -0.311 e. The Labute approximate surface area is 415 Å². The maximum absolute atomic E-state index is 2.45. The van der Waals surface area contributed by atoms with Gasteiger partial charge in [-0.15, -0.1) is 0 Å². The SMILES string of the molecule is c1ccc(N(c2ccccc2)c2ccc(N(c3ccccc3)c3ccc4c5ccccc5n(-c5ccccc5)c4c3N(c3ccccc3)c3ccc(N(c4ccccc4)c4ccccc4)cc3)cc2)cc1. The van der Waals surface area contributed by atoms with Gasteiger partial charge in [0.25, 0.3) is 0 Å². The molecule has 5 heteroatoms. The lowest BCUT2D eigenvalue weighted by atomic mass is 10.1. The molecule has 0 bridgehead atoms. The third-order valence-electron chi connectivity index (χ3n) is 13.1. The van der Waals surface area contributed by atoms with E-state index in [0.717, 1.165) is 90.4 Å². The molecule has 0 saturated heterocycles. The van der Waals surface area contributed by atoms with Crippen molar-refractivity contribution in [1.82, 2.24) is 4.57 Å². The topological polar surface area (TPSA) is 17.9 Å². The fourth-order valence-electron chi connectivity index (χ4n) is 9.97. The zero-order chi connectivity index (χ0) is 47.3. The van der Waals surface area contributed by atoms with Gasteiger partial charge < -0.3 is 24.2 Å².